The van der Waals surface area contributed by atoms with Crippen LogP contribution in [0.5, 0.6) is 0 Å². The molecule has 0 bridgehead atoms. The third-order valence-corrected chi connectivity index (χ3v) is 3.72. The van der Waals surface area contributed by atoms with Gasteiger partial charge in [-0.2, -0.15) is 0 Å². The van der Waals surface area contributed by atoms with Crippen molar-refractivity contribution in [3.63, 3.8) is 0 Å². The average molecular weight is 231 g/mol. The molecule has 2 rings (SSSR count). The monoisotopic (exact) mass is 231 g/mol. The number of hydrogen-bond acceptors (Lipinski definition) is 2. The van der Waals surface area contributed by atoms with Gasteiger partial charge >= 0.3 is 0 Å². The smallest absolute Gasteiger partial charge is 0.0371 e. The van der Waals surface area contributed by atoms with Crippen molar-refractivity contribution in [2.45, 2.75) is 20.4 Å². The number of hydrogen-bond donors (Lipinski definition) is 1. The van der Waals surface area contributed by atoms with Crippen molar-refractivity contribution >= 4 is 11.3 Å². The predicted molar refractivity (Wildman–Crippen MR) is 71.9 cm³/mol. The lowest BCUT2D eigenvalue weighted by Gasteiger charge is -2.04. The van der Waals surface area contributed by atoms with Gasteiger partial charge in [0.15, 0.2) is 0 Å². The summed E-state index contributed by atoms with van der Waals surface area (Å²) in [6.45, 7) is 6.27. The van der Waals surface area contributed by atoms with Crippen molar-refractivity contribution in [3.8, 4) is 10.4 Å². The lowest BCUT2D eigenvalue weighted by Crippen LogP contribution is -2.11. The lowest BCUT2D eigenvalue weighted by molar-refractivity contribution is 0.727. The van der Waals surface area contributed by atoms with E-state index in [-0.39, 0.29) is 0 Å². The van der Waals surface area contributed by atoms with E-state index in [1.54, 1.807) is 0 Å². The van der Waals surface area contributed by atoms with Crippen LogP contribution in [0, 0.1) is 6.92 Å². The molecule has 0 atom stereocenters. The first-order valence-corrected chi connectivity index (χ1v) is 6.53. The van der Waals surface area contributed by atoms with E-state index < -0.39 is 0 Å². The molecule has 2 heteroatoms. The molecule has 1 aromatic carbocycles. The van der Waals surface area contributed by atoms with E-state index in [9.17, 15) is 0 Å². The van der Waals surface area contributed by atoms with Crippen molar-refractivity contribution in [1.82, 2.24) is 5.32 Å². The van der Waals surface area contributed by atoms with E-state index >= 15 is 0 Å². The summed E-state index contributed by atoms with van der Waals surface area (Å²) in [6.07, 6.45) is 0. The van der Waals surface area contributed by atoms with Crippen LogP contribution in [0.25, 0.3) is 10.4 Å². The Morgan fingerprint density at radius 2 is 1.88 bits per heavy atom. The van der Waals surface area contributed by atoms with Gasteiger partial charge in [0.1, 0.15) is 0 Å². The molecule has 0 saturated carbocycles. The molecule has 0 unspecified atom stereocenters. The van der Waals surface area contributed by atoms with Crippen molar-refractivity contribution in [1.29, 1.82) is 0 Å². The second-order valence-corrected chi connectivity index (χ2v) is 4.83. The van der Waals surface area contributed by atoms with Crippen LogP contribution >= 0.6 is 11.3 Å². The Balaban J connectivity index is 2.16. The van der Waals surface area contributed by atoms with Gasteiger partial charge in [-0.1, -0.05) is 31.2 Å². The Bertz CT molecular complexity index is 442. The molecule has 1 N–H and O–H groups in total. The Hall–Kier alpha value is -1.12. The first-order valence-electron chi connectivity index (χ1n) is 5.65. The predicted octanol–water partition coefficient (Wildman–Crippen LogP) is 3.83. The van der Waals surface area contributed by atoms with E-state index in [1.807, 2.05) is 11.3 Å². The number of nitrogens with one attached hydrogen (secondary N) is 1. The second kappa shape index (κ2) is 5.28. The molecule has 0 amide bonds. The summed E-state index contributed by atoms with van der Waals surface area (Å²) in [6, 6.07) is 11.0. The molecular formula is C14H17NS. The maximum absolute atomic E-state index is 3.33. The van der Waals surface area contributed by atoms with Crippen LogP contribution in [-0.4, -0.2) is 6.54 Å². The summed E-state index contributed by atoms with van der Waals surface area (Å²) in [7, 11) is 0. The first-order chi connectivity index (χ1) is 7.81. The highest BCUT2D eigenvalue weighted by molar-refractivity contribution is 7.13. The molecule has 2 aromatic rings. The maximum atomic E-state index is 3.33. The zero-order valence-electron chi connectivity index (χ0n) is 9.79. The van der Waals surface area contributed by atoms with Crippen molar-refractivity contribution in [2.24, 2.45) is 0 Å². The third-order valence-electron chi connectivity index (χ3n) is 2.66. The molecule has 0 fully saturated rings. The molecule has 0 spiro atoms. The van der Waals surface area contributed by atoms with Crippen LogP contribution in [0.1, 0.15) is 18.1 Å². The van der Waals surface area contributed by atoms with Gasteiger partial charge in [0, 0.05) is 11.4 Å². The maximum Gasteiger partial charge on any atom is 0.0371 e. The van der Waals surface area contributed by atoms with E-state index in [0.29, 0.717) is 0 Å². The van der Waals surface area contributed by atoms with Gasteiger partial charge in [0.05, 0.1) is 0 Å². The fraction of sp³-hybridized carbons (Fsp3) is 0.286. The van der Waals surface area contributed by atoms with Crippen LogP contribution in [0.3, 0.4) is 0 Å². The van der Waals surface area contributed by atoms with Gasteiger partial charge in [-0.15, -0.1) is 11.3 Å². The van der Waals surface area contributed by atoms with E-state index in [0.717, 1.165) is 13.1 Å². The zero-order valence-corrected chi connectivity index (χ0v) is 10.6. The zero-order chi connectivity index (χ0) is 11.4. The highest BCUT2D eigenvalue weighted by Crippen LogP contribution is 2.28. The first kappa shape index (κ1) is 11.4. The minimum absolute atomic E-state index is 0.959. The molecule has 0 aliphatic carbocycles. The van der Waals surface area contributed by atoms with Gasteiger partial charge in [-0.25, -0.2) is 0 Å². The Morgan fingerprint density at radius 3 is 2.44 bits per heavy atom. The fourth-order valence-electron chi connectivity index (χ4n) is 1.71. The largest absolute Gasteiger partial charge is 0.313 e. The Labute approximate surface area is 101 Å². The Kier molecular flexibility index (Phi) is 3.75. The molecular weight excluding hydrogens is 214 g/mol. The standard InChI is InChI=1S/C14H17NS/c1-3-15-10-12-4-6-13(7-5-12)14-11(2)8-9-16-14/h4-9,15H,3,10H2,1-2H3. The molecule has 84 valence electrons. The summed E-state index contributed by atoms with van der Waals surface area (Å²) in [5.41, 5.74) is 4.04. The number of benzene rings is 1. The van der Waals surface area contributed by atoms with Crippen molar-refractivity contribution < 1.29 is 0 Å². The lowest BCUT2D eigenvalue weighted by atomic mass is 10.1. The van der Waals surface area contributed by atoms with E-state index in [4.69, 9.17) is 0 Å². The summed E-state index contributed by atoms with van der Waals surface area (Å²) in [5.74, 6) is 0. The highest BCUT2D eigenvalue weighted by atomic mass is 32.1. The number of thiophene rings is 1. The molecule has 1 nitrogen and oxygen atoms in total. The van der Waals surface area contributed by atoms with Crippen LogP contribution in [0.2, 0.25) is 0 Å². The van der Waals surface area contributed by atoms with E-state index in [2.05, 4.69) is 54.9 Å². The fourth-order valence-corrected chi connectivity index (χ4v) is 2.65. The van der Waals surface area contributed by atoms with Gasteiger partial charge in [0.25, 0.3) is 0 Å². The minimum atomic E-state index is 0.959. The van der Waals surface area contributed by atoms with Gasteiger partial charge in [0.2, 0.25) is 0 Å². The van der Waals surface area contributed by atoms with Crippen molar-refractivity contribution in [3.05, 3.63) is 46.8 Å². The minimum Gasteiger partial charge on any atom is -0.313 e. The van der Waals surface area contributed by atoms with Crippen molar-refractivity contribution in [2.75, 3.05) is 6.54 Å². The van der Waals surface area contributed by atoms with Gasteiger partial charge < -0.3 is 5.32 Å². The molecule has 0 aliphatic heterocycles. The number of rotatable bonds is 4. The molecule has 0 aliphatic rings. The average Bonchev–Trinajstić information content (AvgIpc) is 2.74. The Morgan fingerprint density at radius 1 is 1.12 bits per heavy atom. The summed E-state index contributed by atoms with van der Waals surface area (Å²) < 4.78 is 0. The topological polar surface area (TPSA) is 12.0 Å². The molecule has 0 saturated heterocycles. The molecule has 16 heavy (non-hydrogen) atoms. The quantitative estimate of drug-likeness (QED) is 0.843. The van der Waals surface area contributed by atoms with Crippen LogP contribution < -0.4 is 5.32 Å². The SMILES string of the molecule is CCNCc1ccc(-c2sccc2C)cc1. The summed E-state index contributed by atoms with van der Waals surface area (Å²) in [5, 5.41) is 5.48. The summed E-state index contributed by atoms with van der Waals surface area (Å²) in [4.78, 5) is 1.38. The van der Waals surface area contributed by atoms with Crippen LogP contribution in [-0.2, 0) is 6.54 Å². The molecule has 1 heterocycles. The van der Waals surface area contributed by atoms with Crippen LogP contribution in [0.15, 0.2) is 35.7 Å². The van der Waals surface area contributed by atoms with Gasteiger partial charge in [-0.3, -0.25) is 0 Å². The summed E-state index contributed by atoms with van der Waals surface area (Å²) >= 11 is 1.81. The highest BCUT2D eigenvalue weighted by Gasteiger charge is 2.02. The second-order valence-electron chi connectivity index (χ2n) is 3.91. The third kappa shape index (κ3) is 2.52. The number of aryl methyl sites for hydroxylation is 1. The molecule has 1 aromatic heterocycles. The molecule has 0 radical (unpaired) electrons. The van der Waals surface area contributed by atoms with Crippen LogP contribution in [0.4, 0.5) is 0 Å². The van der Waals surface area contributed by atoms with Gasteiger partial charge in [-0.05, 0) is 41.6 Å². The normalized spacial score (nSPS) is 10.6. The van der Waals surface area contributed by atoms with E-state index in [1.165, 1.54) is 21.6 Å².